The Bertz CT molecular complexity index is 636. The van der Waals surface area contributed by atoms with Gasteiger partial charge in [0.05, 0.1) is 12.7 Å². The number of benzene rings is 1. The molecule has 0 aromatic heterocycles. The number of carbonyl (C=O) groups is 2. The number of aryl methyl sites for hydroxylation is 1. The third kappa shape index (κ3) is 4.87. The lowest BCUT2D eigenvalue weighted by atomic mass is 9.94. The minimum atomic E-state index is -5.05. The number of hydrogen-bond donors (Lipinski definition) is 1. The molecule has 5 nitrogen and oxygen atoms in total. The van der Waals surface area contributed by atoms with Crippen LogP contribution < -0.4 is 0 Å². The fourth-order valence-electron chi connectivity index (χ4n) is 2.25. The molecule has 1 aromatic carbocycles. The summed E-state index contributed by atoms with van der Waals surface area (Å²) in [6.45, 7) is 5.98. The van der Waals surface area contributed by atoms with Gasteiger partial charge in [-0.1, -0.05) is 0 Å². The maximum Gasteiger partial charge on any atom is 0.490 e. The van der Waals surface area contributed by atoms with E-state index in [4.69, 9.17) is 4.74 Å². The van der Waals surface area contributed by atoms with Crippen LogP contribution in [0.4, 0.5) is 13.2 Å². The third-order valence-corrected chi connectivity index (χ3v) is 3.28. The fourth-order valence-corrected chi connectivity index (χ4v) is 2.25. The number of ether oxygens (including phenoxy) is 2. The topological polar surface area (TPSA) is 72.8 Å². The minimum absolute atomic E-state index is 0.0261. The molecular formula is C16H19F3O5. The standard InChI is InChI=1S/C16H19F3O5/c1-8(2)24-14(21)13-10(4)11(9(3)7-12(13)20)5-6-23-15(22)16(17,18)19/h7-8,20H,5-6H2,1-4H3. The van der Waals surface area contributed by atoms with E-state index in [1.54, 1.807) is 27.7 Å². The van der Waals surface area contributed by atoms with E-state index >= 15 is 0 Å². The van der Waals surface area contributed by atoms with Gasteiger partial charge in [-0.05, 0) is 50.5 Å². The molecule has 1 N–H and O–H groups in total. The second-order valence-corrected chi connectivity index (χ2v) is 5.53. The SMILES string of the molecule is Cc1cc(O)c(C(=O)OC(C)C)c(C)c1CCOC(=O)C(F)(F)F. The maximum atomic E-state index is 12.1. The van der Waals surface area contributed by atoms with Crippen LogP contribution in [-0.2, 0) is 20.7 Å². The summed E-state index contributed by atoms with van der Waals surface area (Å²) in [6.07, 6.45) is -5.47. The zero-order valence-corrected chi connectivity index (χ0v) is 13.8. The van der Waals surface area contributed by atoms with Crippen molar-refractivity contribution in [2.45, 2.75) is 46.4 Å². The van der Waals surface area contributed by atoms with Crippen molar-refractivity contribution in [1.29, 1.82) is 0 Å². The predicted molar refractivity (Wildman–Crippen MR) is 78.9 cm³/mol. The van der Waals surface area contributed by atoms with Gasteiger partial charge in [-0.15, -0.1) is 0 Å². The lowest BCUT2D eigenvalue weighted by molar-refractivity contribution is -0.199. The number of carbonyl (C=O) groups excluding carboxylic acids is 2. The molecule has 0 fully saturated rings. The van der Waals surface area contributed by atoms with E-state index in [2.05, 4.69) is 4.74 Å². The molecule has 0 amide bonds. The summed E-state index contributed by atoms with van der Waals surface area (Å²) >= 11 is 0. The van der Waals surface area contributed by atoms with Crippen LogP contribution in [0.3, 0.4) is 0 Å². The first-order valence-corrected chi connectivity index (χ1v) is 7.22. The first-order valence-electron chi connectivity index (χ1n) is 7.22. The highest BCUT2D eigenvalue weighted by molar-refractivity contribution is 5.94. The van der Waals surface area contributed by atoms with Gasteiger partial charge in [0.25, 0.3) is 0 Å². The Morgan fingerprint density at radius 1 is 1.25 bits per heavy atom. The number of esters is 2. The molecule has 134 valence electrons. The zero-order chi connectivity index (χ0) is 18.7. The van der Waals surface area contributed by atoms with E-state index in [-0.39, 0.29) is 17.7 Å². The Hall–Kier alpha value is -2.25. The molecule has 0 saturated heterocycles. The van der Waals surface area contributed by atoms with E-state index < -0.39 is 30.8 Å². The number of phenolic OH excluding ortho intramolecular Hbond substituents is 1. The van der Waals surface area contributed by atoms with Crippen LogP contribution in [-0.4, -0.2) is 35.9 Å². The minimum Gasteiger partial charge on any atom is -0.507 e. The largest absolute Gasteiger partial charge is 0.507 e. The van der Waals surface area contributed by atoms with E-state index in [0.29, 0.717) is 16.7 Å². The van der Waals surface area contributed by atoms with Crippen LogP contribution in [0.2, 0.25) is 0 Å². The second kappa shape index (κ2) is 7.55. The molecule has 24 heavy (non-hydrogen) atoms. The average Bonchev–Trinajstić information content (AvgIpc) is 2.39. The van der Waals surface area contributed by atoms with Gasteiger partial charge in [-0.25, -0.2) is 9.59 Å². The van der Waals surface area contributed by atoms with Gasteiger partial charge < -0.3 is 14.6 Å². The highest BCUT2D eigenvalue weighted by Gasteiger charge is 2.40. The molecule has 0 radical (unpaired) electrons. The smallest absolute Gasteiger partial charge is 0.490 e. The van der Waals surface area contributed by atoms with Crippen LogP contribution >= 0.6 is 0 Å². The number of hydrogen-bond acceptors (Lipinski definition) is 5. The predicted octanol–water partition coefficient (Wildman–Crippen LogP) is 3.22. The maximum absolute atomic E-state index is 12.1. The molecular weight excluding hydrogens is 329 g/mol. The lowest BCUT2D eigenvalue weighted by Gasteiger charge is -2.17. The van der Waals surface area contributed by atoms with Gasteiger partial charge in [-0.2, -0.15) is 13.2 Å². The molecule has 0 bridgehead atoms. The number of halogens is 3. The highest BCUT2D eigenvalue weighted by atomic mass is 19.4. The van der Waals surface area contributed by atoms with Crippen LogP contribution in [0.15, 0.2) is 6.07 Å². The van der Waals surface area contributed by atoms with Crippen molar-refractivity contribution in [1.82, 2.24) is 0 Å². The molecule has 0 saturated carbocycles. The summed E-state index contributed by atoms with van der Waals surface area (Å²) in [5, 5.41) is 9.97. The number of phenols is 1. The van der Waals surface area contributed by atoms with Crippen molar-refractivity contribution < 1.29 is 37.3 Å². The van der Waals surface area contributed by atoms with Crippen molar-refractivity contribution in [2.75, 3.05) is 6.61 Å². The molecule has 1 rings (SSSR count). The Balaban J connectivity index is 3.00. The number of alkyl halides is 3. The van der Waals surface area contributed by atoms with Crippen LogP contribution in [0.25, 0.3) is 0 Å². The average molecular weight is 348 g/mol. The van der Waals surface area contributed by atoms with Gasteiger partial charge in [0.2, 0.25) is 0 Å². The van der Waals surface area contributed by atoms with Gasteiger partial charge in [0.1, 0.15) is 11.3 Å². The van der Waals surface area contributed by atoms with E-state index in [0.717, 1.165) is 0 Å². The van der Waals surface area contributed by atoms with E-state index in [1.807, 2.05) is 0 Å². The van der Waals surface area contributed by atoms with E-state index in [9.17, 15) is 27.9 Å². The van der Waals surface area contributed by atoms with Crippen molar-refractivity contribution >= 4 is 11.9 Å². The van der Waals surface area contributed by atoms with Crippen LogP contribution in [0, 0.1) is 13.8 Å². The quantitative estimate of drug-likeness (QED) is 0.827. The highest BCUT2D eigenvalue weighted by Crippen LogP contribution is 2.29. The Morgan fingerprint density at radius 2 is 1.83 bits per heavy atom. The first-order chi connectivity index (χ1) is 10.9. The molecule has 0 heterocycles. The Labute approximate surface area is 137 Å². The van der Waals surface area contributed by atoms with Gasteiger partial charge >= 0.3 is 18.1 Å². The van der Waals surface area contributed by atoms with Gasteiger partial charge in [0.15, 0.2) is 0 Å². The summed E-state index contributed by atoms with van der Waals surface area (Å²) < 4.78 is 45.5. The van der Waals surface area contributed by atoms with Crippen molar-refractivity contribution in [2.24, 2.45) is 0 Å². The fraction of sp³-hybridized carbons (Fsp3) is 0.500. The molecule has 0 aliphatic carbocycles. The molecule has 0 unspecified atom stereocenters. The third-order valence-electron chi connectivity index (χ3n) is 3.28. The van der Waals surface area contributed by atoms with Crippen LogP contribution in [0.5, 0.6) is 5.75 Å². The number of rotatable bonds is 5. The molecule has 1 aromatic rings. The van der Waals surface area contributed by atoms with Crippen molar-refractivity contribution in [3.05, 3.63) is 28.3 Å². The molecule has 8 heteroatoms. The van der Waals surface area contributed by atoms with Gasteiger partial charge in [-0.3, -0.25) is 0 Å². The molecule has 0 aliphatic rings. The molecule has 0 aliphatic heterocycles. The molecule has 0 spiro atoms. The first kappa shape index (κ1) is 19.8. The second-order valence-electron chi connectivity index (χ2n) is 5.53. The van der Waals surface area contributed by atoms with Gasteiger partial charge in [0, 0.05) is 6.42 Å². The summed E-state index contributed by atoms with van der Waals surface area (Å²) in [5.41, 5.74) is 1.40. The summed E-state index contributed by atoms with van der Waals surface area (Å²) in [4.78, 5) is 22.8. The summed E-state index contributed by atoms with van der Waals surface area (Å²) in [5.74, 6) is -3.27. The van der Waals surface area contributed by atoms with Crippen LogP contribution in [0.1, 0.15) is 40.9 Å². The van der Waals surface area contributed by atoms with Crippen molar-refractivity contribution in [3.63, 3.8) is 0 Å². The lowest BCUT2D eigenvalue weighted by Crippen LogP contribution is -2.26. The zero-order valence-electron chi connectivity index (χ0n) is 13.8. The normalized spacial score (nSPS) is 11.5. The number of aromatic hydroxyl groups is 1. The Kier molecular flexibility index (Phi) is 6.22. The van der Waals surface area contributed by atoms with Crippen molar-refractivity contribution in [3.8, 4) is 5.75 Å². The Morgan fingerprint density at radius 3 is 2.33 bits per heavy atom. The monoisotopic (exact) mass is 348 g/mol. The summed E-state index contributed by atoms with van der Waals surface area (Å²) in [7, 11) is 0. The van der Waals surface area contributed by atoms with E-state index in [1.165, 1.54) is 6.07 Å². The molecule has 0 atom stereocenters. The summed E-state index contributed by atoms with van der Waals surface area (Å²) in [6, 6.07) is 1.32.